The summed E-state index contributed by atoms with van der Waals surface area (Å²) in [5.41, 5.74) is 3.45. The highest BCUT2D eigenvalue weighted by atomic mass is 35.5. The number of hydrogen-bond donors (Lipinski definition) is 2. The summed E-state index contributed by atoms with van der Waals surface area (Å²) < 4.78 is 74.3. The van der Waals surface area contributed by atoms with Crippen molar-refractivity contribution in [2.24, 2.45) is 4.99 Å². The van der Waals surface area contributed by atoms with Crippen LogP contribution >= 0.6 is 23.4 Å². The fourth-order valence-electron chi connectivity index (χ4n) is 7.94. The maximum Gasteiger partial charge on any atom is 0.418 e. The van der Waals surface area contributed by atoms with Crippen LogP contribution in [0.2, 0.25) is 5.02 Å². The molecule has 2 aliphatic heterocycles. The summed E-state index contributed by atoms with van der Waals surface area (Å²) in [4.78, 5) is 20.3. The van der Waals surface area contributed by atoms with E-state index in [0.717, 1.165) is 48.9 Å². The zero-order chi connectivity index (χ0) is 44.2. The smallest absolute Gasteiger partial charge is 0.381 e. The van der Waals surface area contributed by atoms with E-state index in [0.29, 0.717) is 47.3 Å². The number of nitrogens with zero attached hydrogens (tertiary/aromatic N) is 6. The van der Waals surface area contributed by atoms with E-state index in [1.807, 2.05) is 86.6 Å². The van der Waals surface area contributed by atoms with Gasteiger partial charge in [0.25, 0.3) is 10.0 Å². The fraction of sp³-hybridized carbons (Fsp3) is 0.298. The SMILES string of the molecule is CC1(C)CN(CCC(CSc2ccccc2)Nc2ccc(S(=O)(=O)Nc3ncnc4cc(N5CCN(Cc6ccccc6-c6ccc(Cl)cc6)CC5)ccc34)cc2C(F)(F)F)C=N1. The van der Waals surface area contributed by atoms with E-state index in [1.165, 1.54) is 29.6 Å². The maximum absolute atomic E-state index is 14.8. The van der Waals surface area contributed by atoms with Crippen LogP contribution in [-0.4, -0.2) is 91.1 Å². The van der Waals surface area contributed by atoms with E-state index in [4.69, 9.17) is 11.6 Å². The molecule has 8 rings (SSSR count). The quantitative estimate of drug-likeness (QED) is 0.0975. The lowest BCUT2D eigenvalue weighted by atomic mass is 9.99. The molecule has 5 aromatic carbocycles. The number of nitrogens with one attached hydrogen (secondary N) is 2. The van der Waals surface area contributed by atoms with Crippen LogP contribution in [-0.2, 0) is 22.7 Å². The number of fused-ring (bicyclic) bond motifs is 1. The Morgan fingerprint density at radius 2 is 1.62 bits per heavy atom. The number of aromatic nitrogens is 2. The highest BCUT2D eigenvalue weighted by Gasteiger charge is 2.36. The predicted octanol–water partition coefficient (Wildman–Crippen LogP) is 10.2. The van der Waals surface area contributed by atoms with Crippen LogP contribution in [0.15, 0.2) is 136 Å². The summed E-state index contributed by atoms with van der Waals surface area (Å²) >= 11 is 7.68. The van der Waals surface area contributed by atoms with Gasteiger partial charge in [-0.1, -0.05) is 66.2 Å². The Kier molecular flexibility index (Phi) is 13.2. The van der Waals surface area contributed by atoms with Gasteiger partial charge in [-0.15, -0.1) is 11.8 Å². The molecule has 2 N–H and O–H groups in total. The van der Waals surface area contributed by atoms with Gasteiger partial charge in [-0.3, -0.25) is 14.6 Å². The number of anilines is 3. The number of piperazine rings is 1. The number of aliphatic imine (C=N–C) groups is 1. The Morgan fingerprint density at radius 1 is 0.873 bits per heavy atom. The lowest BCUT2D eigenvalue weighted by Crippen LogP contribution is -2.46. The molecule has 0 bridgehead atoms. The van der Waals surface area contributed by atoms with Gasteiger partial charge < -0.3 is 15.1 Å². The van der Waals surface area contributed by atoms with Crippen molar-refractivity contribution in [2.75, 3.05) is 60.0 Å². The Morgan fingerprint density at radius 3 is 2.35 bits per heavy atom. The zero-order valence-corrected chi connectivity index (χ0v) is 37.3. The molecule has 16 heteroatoms. The molecule has 1 aromatic heterocycles. The van der Waals surface area contributed by atoms with E-state index < -0.39 is 26.7 Å². The first-order valence-electron chi connectivity index (χ1n) is 20.7. The van der Waals surface area contributed by atoms with Gasteiger partial charge in [0.1, 0.15) is 6.33 Å². The molecule has 0 saturated carbocycles. The molecule has 1 fully saturated rings. The van der Waals surface area contributed by atoms with Gasteiger partial charge in [0, 0.05) is 84.3 Å². The molecule has 63 heavy (non-hydrogen) atoms. The number of thioether (sulfide) groups is 1. The average Bonchev–Trinajstić information content (AvgIpc) is 3.63. The molecular weight excluding hydrogens is 865 g/mol. The number of rotatable bonds is 15. The average molecular weight is 914 g/mol. The van der Waals surface area contributed by atoms with Gasteiger partial charge in [0.2, 0.25) is 0 Å². The molecule has 328 valence electrons. The van der Waals surface area contributed by atoms with Crippen molar-refractivity contribution < 1.29 is 21.6 Å². The minimum atomic E-state index is -4.85. The van der Waals surface area contributed by atoms with Crippen molar-refractivity contribution in [3.63, 3.8) is 0 Å². The predicted molar refractivity (Wildman–Crippen MR) is 250 cm³/mol. The molecule has 3 heterocycles. The van der Waals surface area contributed by atoms with Crippen molar-refractivity contribution in [1.82, 2.24) is 19.8 Å². The van der Waals surface area contributed by atoms with E-state index >= 15 is 0 Å². The number of alkyl halides is 3. The molecule has 6 aromatic rings. The normalized spacial score (nSPS) is 16.1. The van der Waals surface area contributed by atoms with Crippen molar-refractivity contribution >= 4 is 67.8 Å². The summed E-state index contributed by atoms with van der Waals surface area (Å²) in [5, 5.41) is 4.24. The molecule has 1 saturated heterocycles. The number of benzene rings is 5. The van der Waals surface area contributed by atoms with Gasteiger partial charge in [0.15, 0.2) is 5.82 Å². The third kappa shape index (κ3) is 11.1. The van der Waals surface area contributed by atoms with E-state index in [-0.39, 0.29) is 23.1 Å². The van der Waals surface area contributed by atoms with Crippen molar-refractivity contribution in [3.8, 4) is 11.1 Å². The molecule has 10 nitrogen and oxygen atoms in total. The van der Waals surface area contributed by atoms with Gasteiger partial charge in [-0.25, -0.2) is 18.4 Å². The minimum Gasteiger partial charge on any atom is -0.381 e. The third-order valence-electron chi connectivity index (χ3n) is 11.2. The number of sulfonamides is 1. The Labute approximate surface area is 375 Å². The van der Waals surface area contributed by atoms with Crippen molar-refractivity contribution in [2.45, 2.75) is 54.4 Å². The van der Waals surface area contributed by atoms with Crippen LogP contribution < -0.4 is 14.9 Å². The highest BCUT2D eigenvalue weighted by Crippen LogP contribution is 2.38. The van der Waals surface area contributed by atoms with E-state index in [1.54, 1.807) is 24.2 Å². The highest BCUT2D eigenvalue weighted by molar-refractivity contribution is 7.99. The summed E-state index contributed by atoms with van der Waals surface area (Å²) in [7, 11) is -4.51. The van der Waals surface area contributed by atoms with E-state index in [2.05, 4.69) is 57.9 Å². The van der Waals surface area contributed by atoms with Gasteiger partial charge in [-0.05, 0) is 97.6 Å². The first-order chi connectivity index (χ1) is 30.2. The van der Waals surface area contributed by atoms with Crippen LogP contribution in [0.25, 0.3) is 22.0 Å². The van der Waals surface area contributed by atoms with Crippen LogP contribution in [0, 0.1) is 0 Å². The van der Waals surface area contributed by atoms with Gasteiger partial charge in [-0.2, -0.15) is 13.2 Å². The van der Waals surface area contributed by atoms with Gasteiger partial charge in [0.05, 0.1) is 27.9 Å². The standard InChI is InChI=1S/C47H48ClF3N8O2S2/c1-46(2)30-58(32-54-46)21-20-36(29-62-38-9-4-3-5-10-38)55-43-19-17-39(27-42(43)47(49,50)51)63(60,61)56-45-41-18-16-37(26-44(41)52-31-53-45)59-24-22-57(23-25-59)28-34-8-6-7-11-40(34)33-12-14-35(48)15-13-33/h3-19,26-27,31-32,36,55H,20-25,28-30H2,1-2H3,(H,52,53,56). The summed E-state index contributed by atoms with van der Waals surface area (Å²) in [6.45, 7) is 9.35. The summed E-state index contributed by atoms with van der Waals surface area (Å²) in [5.74, 6) is 0.453. The monoisotopic (exact) mass is 912 g/mol. The van der Waals surface area contributed by atoms with Gasteiger partial charge >= 0.3 is 6.18 Å². The lowest BCUT2D eigenvalue weighted by molar-refractivity contribution is -0.137. The first-order valence-corrected chi connectivity index (χ1v) is 23.6. The molecule has 2 aliphatic rings. The Hall–Kier alpha value is -5.35. The zero-order valence-electron chi connectivity index (χ0n) is 34.9. The largest absolute Gasteiger partial charge is 0.418 e. The first kappa shape index (κ1) is 44.3. The second-order valence-corrected chi connectivity index (χ2v) is 19.7. The molecule has 1 unspecified atom stereocenters. The number of halogens is 4. The Balaban J connectivity index is 0.949. The van der Waals surface area contributed by atoms with Crippen LogP contribution in [0.5, 0.6) is 0 Å². The van der Waals surface area contributed by atoms with Crippen LogP contribution in [0.3, 0.4) is 0 Å². The molecular formula is C47H48ClF3N8O2S2. The molecule has 0 aliphatic carbocycles. The van der Waals surface area contributed by atoms with Crippen molar-refractivity contribution in [3.05, 3.63) is 138 Å². The molecule has 0 spiro atoms. The van der Waals surface area contributed by atoms with Crippen molar-refractivity contribution in [1.29, 1.82) is 0 Å². The lowest BCUT2D eigenvalue weighted by Gasteiger charge is -2.36. The molecule has 0 radical (unpaired) electrons. The van der Waals surface area contributed by atoms with E-state index in [9.17, 15) is 21.6 Å². The third-order valence-corrected chi connectivity index (χ3v) is 14.0. The van der Waals surface area contributed by atoms with Crippen LogP contribution in [0.4, 0.5) is 30.4 Å². The second-order valence-electron chi connectivity index (χ2n) is 16.4. The maximum atomic E-state index is 14.8. The molecule has 1 atom stereocenters. The number of hydrogen-bond acceptors (Lipinski definition) is 10. The fourth-order valence-corrected chi connectivity index (χ4v) is 10.1. The van der Waals surface area contributed by atoms with Crippen LogP contribution in [0.1, 0.15) is 31.4 Å². The topological polar surface area (TPSA) is 106 Å². The second kappa shape index (κ2) is 18.8. The minimum absolute atomic E-state index is 0.0295. The Bertz CT molecular complexity index is 2680. The molecule has 0 amide bonds. The summed E-state index contributed by atoms with van der Waals surface area (Å²) in [6.07, 6.45) is -1.28. The summed E-state index contributed by atoms with van der Waals surface area (Å²) in [6, 6.07) is 34.1.